The van der Waals surface area contributed by atoms with E-state index in [1.165, 1.54) is 4.90 Å². The van der Waals surface area contributed by atoms with Gasteiger partial charge in [0.15, 0.2) is 11.9 Å². The number of nitrogens with zero attached hydrogens (tertiary/aromatic N) is 3. The van der Waals surface area contributed by atoms with Crippen LogP contribution in [-0.2, 0) is 9.53 Å². The summed E-state index contributed by atoms with van der Waals surface area (Å²) in [6.45, 7) is 4.13. The number of morpholine rings is 1. The Morgan fingerprint density at radius 1 is 1.27 bits per heavy atom. The van der Waals surface area contributed by atoms with E-state index in [0.29, 0.717) is 36.7 Å². The minimum absolute atomic E-state index is 0.212. The first-order valence-electron chi connectivity index (χ1n) is 7.67. The van der Waals surface area contributed by atoms with Gasteiger partial charge in [-0.1, -0.05) is 0 Å². The molecule has 3 rings (SSSR count). The van der Waals surface area contributed by atoms with E-state index >= 15 is 0 Å². The van der Waals surface area contributed by atoms with Crippen LogP contribution >= 0.6 is 0 Å². The van der Waals surface area contributed by atoms with Crippen LogP contribution in [0, 0.1) is 6.92 Å². The van der Waals surface area contributed by atoms with Crippen LogP contribution in [0.2, 0.25) is 0 Å². The van der Waals surface area contributed by atoms with Gasteiger partial charge < -0.3 is 14.1 Å². The molecule has 7 heteroatoms. The molecule has 1 aromatic heterocycles. The van der Waals surface area contributed by atoms with Crippen LogP contribution in [0.4, 0.5) is 4.39 Å². The maximum absolute atomic E-state index is 14.3. The molecule has 1 amide bonds. The Hall–Kier alpha value is -1.76. The highest BCUT2D eigenvalue weighted by Crippen LogP contribution is 2.30. The molecule has 0 aromatic carbocycles. The zero-order chi connectivity index (χ0) is 15.7. The highest BCUT2D eigenvalue weighted by atomic mass is 19.1. The SMILES string of the molecule is Cc1nnc([C@H]2CN(C(=O)C(F)=C3CCCC3)C[C@@H](C)O2)o1. The molecule has 1 aliphatic heterocycles. The molecule has 120 valence electrons. The number of hydrogen-bond donors (Lipinski definition) is 0. The average Bonchev–Trinajstić information content (AvgIpc) is 3.16. The van der Waals surface area contributed by atoms with Crippen molar-refractivity contribution in [3.8, 4) is 0 Å². The molecule has 1 aliphatic carbocycles. The van der Waals surface area contributed by atoms with E-state index in [2.05, 4.69) is 10.2 Å². The van der Waals surface area contributed by atoms with Crippen molar-refractivity contribution in [1.29, 1.82) is 0 Å². The van der Waals surface area contributed by atoms with Gasteiger partial charge in [0.05, 0.1) is 12.6 Å². The Morgan fingerprint density at radius 2 is 2.00 bits per heavy atom. The molecule has 0 bridgehead atoms. The standard InChI is InChI=1S/C15H20FN3O3/c1-9-7-19(15(20)13(16)11-5-3-4-6-11)8-12(21-9)14-18-17-10(2)22-14/h9,12H,3-8H2,1-2H3/t9-,12-/m1/s1. The Labute approximate surface area is 128 Å². The van der Waals surface area contributed by atoms with Gasteiger partial charge in [-0.05, 0) is 38.2 Å². The molecule has 1 aromatic rings. The van der Waals surface area contributed by atoms with E-state index in [1.807, 2.05) is 6.92 Å². The third-order valence-corrected chi connectivity index (χ3v) is 4.07. The second-order valence-electron chi connectivity index (χ2n) is 5.93. The highest BCUT2D eigenvalue weighted by Gasteiger charge is 2.34. The quantitative estimate of drug-likeness (QED) is 0.785. The Balaban J connectivity index is 1.76. The van der Waals surface area contributed by atoms with Crippen LogP contribution in [0.1, 0.15) is 50.5 Å². The fraction of sp³-hybridized carbons (Fsp3) is 0.667. The van der Waals surface area contributed by atoms with Gasteiger partial charge in [-0.25, -0.2) is 4.39 Å². The summed E-state index contributed by atoms with van der Waals surface area (Å²) in [5, 5.41) is 7.71. The predicted octanol–water partition coefficient (Wildman–Crippen LogP) is 2.46. The van der Waals surface area contributed by atoms with E-state index < -0.39 is 17.8 Å². The molecule has 2 heterocycles. The zero-order valence-electron chi connectivity index (χ0n) is 12.8. The Morgan fingerprint density at radius 3 is 2.64 bits per heavy atom. The number of aryl methyl sites for hydroxylation is 1. The van der Waals surface area contributed by atoms with Crippen molar-refractivity contribution in [3.05, 3.63) is 23.2 Å². The lowest BCUT2D eigenvalue weighted by molar-refractivity contribution is -0.144. The minimum Gasteiger partial charge on any atom is -0.423 e. The van der Waals surface area contributed by atoms with E-state index in [0.717, 1.165) is 12.8 Å². The number of carbonyl (C=O) groups is 1. The second kappa shape index (κ2) is 6.16. The fourth-order valence-electron chi connectivity index (χ4n) is 3.01. The van der Waals surface area contributed by atoms with Crippen molar-refractivity contribution >= 4 is 5.91 Å². The van der Waals surface area contributed by atoms with Crippen LogP contribution in [0.15, 0.2) is 15.8 Å². The van der Waals surface area contributed by atoms with Crippen LogP contribution < -0.4 is 0 Å². The van der Waals surface area contributed by atoms with Crippen molar-refractivity contribution in [2.45, 2.75) is 51.7 Å². The maximum atomic E-state index is 14.3. The number of aromatic nitrogens is 2. The molecule has 1 saturated carbocycles. The third kappa shape index (κ3) is 3.04. The highest BCUT2D eigenvalue weighted by molar-refractivity contribution is 5.92. The molecular weight excluding hydrogens is 289 g/mol. The van der Waals surface area contributed by atoms with Crippen LogP contribution in [0.25, 0.3) is 0 Å². The fourth-order valence-corrected chi connectivity index (χ4v) is 3.01. The van der Waals surface area contributed by atoms with Gasteiger partial charge in [0.2, 0.25) is 11.8 Å². The largest absolute Gasteiger partial charge is 0.423 e. The number of allylic oxidation sites excluding steroid dienone is 1. The van der Waals surface area contributed by atoms with Gasteiger partial charge in [-0.2, -0.15) is 0 Å². The molecule has 2 aliphatic rings. The first-order valence-corrected chi connectivity index (χ1v) is 7.67. The summed E-state index contributed by atoms with van der Waals surface area (Å²) in [7, 11) is 0. The minimum atomic E-state index is -0.591. The molecule has 1 saturated heterocycles. The van der Waals surface area contributed by atoms with E-state index in [-0.39, 0.29) is 12.6 Å². The topological polar surface area (TPSA) is 68.5 Å². The van der Waals surface area contributed by atoms with Gasteiger partial charge in [0.25, 0.3) is 5.91 Å². The van der Waals surface area contributed by atoms with Crippen LogP contribution in [0.3, 0.4) is 0 Å². The van der Waals surface area contributed by atoms with Gasteiger partial charge in [-0.3, -0.25) is 4.79 Å². The van der Waals surface area contributed by atoms with Gasteiger partial charge in [0, 0.05) is 13.5 Å². The molecule has 0 radical (unpaired) electrons. The third-order valence-electron chi connectivity index (χ3n) is 4.07. The van der Waals surface area contributed by atoms with Gasteiger partial charge in [0.1, 0.15) is 0 Å². The maximum Gasteiger partial charge on any atom is 0.282 e. The molecule has 0 unspecified atom stereocenters. The summed E-state index contributed by atoms with van der Waals surface area (Å²) < 4.78 is 25.5. The van der Waals surface area contributed by atoms with Gasteiger partial charge in [-0.15, -0.1) is 10.2 Å². The smallest absolute Gasteiger partial charge is 0.282 e. The molecule has 6 nitrogen and oxygen atoms in total. The van der Waals surface area contributed by atoms with Crippen molar-refractivity contribution in [2.75, 3.05) is 13.1 Å². The normalized spacial score (nSPS) is 25.6. The van der Waals surface area contributed by atoms with E-state index in [9.17, 15) is 9.18 Å². The predicted molar refractivity (Wildman–Crippen MR) is 75.5 cm³/mol. The second-order valence-corrected chi connectivity index (χ2v) is 5.93. The van der Waals surface area contributed by atoms with E-state index in [4.69, 9.17) is 9.15 Å². The number of amides is 1. The van der Waals surface area contributed by atoms with Crippen LogP contribution in [0.5, 0.6) is 0 Å². The summed E-state index contributed by atoms with van der Waals surface area (Å²) in [6.07, 6.45) is 2.57. The average molecular weight is 309 g/mol. The molecular formula is C15H20FN3O3. The van der Waals surface area contributed by atoms with E-state index in [1.54, 1.807) is 6.92 Å². The lowest BCUT2D eigenvalue weighted by Gasteiger charge is -2.35. The molecule has 0 spiro atoms. The lowest BCUT2D eigenvalue weighted by Crippen LogP contribution is -2.46. The van der Waals surface area contributed by atoms with Crippen molar-refractivity contribution in [1.82, 2.24) is 15.1 Å². The van der Waals surface area contributed by atoms with Crippen LogP contribution in [-0.4, -0.2) is 40.2 Å². The molecule has 0 N–H and O–H groups in total. The Kier molecular flexibility index (Phi) is 4.24. The molecule has 22 heavy (non-hydrogen) atoms. The molecule has 2 fully saturated rings. The Bertz CT molecular complexity index is 591. The zero-order valence-corrected chi connectivity index (χ0v) is 12.8. The monoisotopic (exact) mass is 309 g/mol. The molecule has 2 atom stereocenters. The number of halogens is 1. The number of rotatable bonds is 2. The van der Waals surface area contributed by atoms with Crippen molar-refractivity contribution in [3.63, 3.8) is 0 Å². The summed E-state index contributed by atoms with van der Waals surface area (Å²) in [5.41, 5.74) is 0.648. The summed E-state index contributed by atoms with van der Waals surface area (Å²) in [5.74, 6) is -0.370. The number of ether oxygens (including phenoxy) is 1. The summed E-state index contributed by atoms with van der Waals surface area (Å²) in [6, 6.07) is 0. The summed E-state index contributed by atoms with van der Waals surface area (Å²) in [4.78, 5) is 13.9. The number of carbonyl (C=O) groups excluding carboxylic acids is 1. The first-order chi connectivity index (χ1) is 10.5. The first kappa shape index (κ1) is 15.1. The van der Waals surface area contributed by atoms with Crippen molar-refractivity contribution < 1.29 is 18.3 Å². The number of hydrogen-bond acceptors (Lipinski definition) is 5. The lowest BCUT2D eigenvalue weighted by atomic mass is 10.1. The van der Waals surface area contributed by atoms with Crippen molar-refractivity contribution in [2.24, 2.45) is 0 Å². The van der Waals surface area contributed by atoms with Gasteiger partial charge >= 0.3 is 0 Å². The summed E-state index contributed by atoms with van der Waals surface area (Å²) >= 11 is 0.